The van der Waals surface area contributed by atoms with E-state index in [-0.39, 0.29) is 11.2 Å². The molecule has 0 saturated carbocycles. The van der Waals surface area contributed by atoms with Crippen LogP contribution in [0, 0.1) is 5.82 Å². The quantitative estimate of drug-likeness (QED) is 0.720. The Morgan fingerprint density at radius 3 is 2.67 bits per heavy atom. The number of aromatic nitrogens is 2. The van der Waals surface area contributed by atoms with Crippen molar-refractivity contribution in [2.24, 2.45) is 0 Å². The second-order valence-electron chi connectivity index (χ2n) is 4.69. The van der Waals surface area contributed by atoms with Crippen LogP contribution in [0.3, 0.4) is 0 Å². The third-order valence-corrected chi connectivity index (χ3v) is 2.34. The normalized spacial score (nSPS) is 12.3. The Morgan fingerprint density at radius 2 is 2.07 bits per heavy atom. The summed E-state index contributed by atoms with van der Waals surface area (Å²) in [6.07, 6.45) is 3.31. The van der Waals surface area contributed by atoms with E-state index in [9.17, 15) is 4.39 Å². The number of hydrogen-bond donors (Lipinski definition) is 1. The zero-order valence-corrected chi connectivity index (χ0v) is 9.08. The van der Waals surface area contributed by atoms with Crippen molar-refractivity contribution in [1.82, 2.24) is 9.38 Å². The van der Waals surface area contributed by atoms with E-state index in [0.717, 1.165) is 0 Å². The zero-order valence-electron chi connectivity index (χ0n) is 9.08. The maximum atomic E-state index is 13.7. The molecule has 4 heteroatoms. The Morgan fingerprint density at radius 1 is 1.40 bits per heavy atom. The van der Waals surface area contributed by atoms with Crippen LogP contribution in [0.1, 0.15) is 26.3 Å². The number of nitrogens with two attached hydrogens (primary N) is 1. The van der Waals surface area contributed by atoms with Crippen molar-refractivity contribution in [3.05, 3.63) is 29.8 Å². The van der Waals surface area contributed by atoms with Crippen LogP contribution in [-0.4, -0.2) is 9.38 Å². The minimum absolute atomic E-state index is 0.236. The van der Waals surface area contributed by atoms with Gasteiger partial charge in [0.2, 0.25) is 0 Å². The summed E-state index contributed by atoms with van der Waals surface area (Å²) in [6.45, 7) is 5.86. The van der Waals surface area contributed by atoms with Gasteiger partial charge in [-0.2, -0.15) is 0 Å². The van der Waals surface area contributed by atoms with Crippen molar-refractivity contribution in [2.45, 2.75) is 26.2 Å². The van der Waals surface area contributed by atoms with Crippen molar-refractivity contribution >= 4 is 11.5 Å². The molecule has 0 aromatic carbocycles. The van der Waals surface area contributed by atoms with Crippen LogP contribution in [0.25, 0.3) is 5.65 Å². The Kier molecular flexibility index (Phi) is 1.96. The number of fused-ring (bicyclic) bond motifs is 1. The molecule has 2 aromatic rings. The minimum atomic E-state index is -0.287. The maximum absolute atomic E-state index is 13.7. The zero-order chi connectivity index (χ0) is 11.2. The lowest BCUT2D eigenvalue weighted by Gasteiger charge is -2.20. The molecule has 0 radical (unpaired) electrons. The first-order chi connectivity index (χ1) is 6.89. The number of anilines is 1. The van der Waals surface area contributed by atoms with Gasteiger partial charge in [0, 0.05) is 11.8 Å². The first kappa shape index (κ1) is 9.96. The van der Waals surface area contributed by atoms with Crippen molar-refractivity contribution in [1.29, 1.82) is 0 Å². The van der Waals surface area contributed by atoms with E-state index in [1.165, 1.54) is 6.07 Å². The minimum Gasteiger partial charge on any atom is -0.382 e. The van der Waals surface area contributed by atoms with Gasteiger partial charge in [-0.05, 0) is 11.5 Å². The number of rotatable bonds is 0. The van der Waals surface area contributed by atoms with Gasteiger partial charge < -0.3 is 10.1 Å². The van der Waals surface area contributed by atoms with E-state index < -0.39 is 0 Å². The smallest absolute Gasteiger partial charge is 0.145 e. The SMILES string of the molecule is CC(C)(C)c1c(F)ccn2cc(N)nc12. The summed E-state index contributed by atoms with van der Waals surface area (Å²) >= 11 is 0. The predicted octanol–water partition coefficient (Wildman–Crippen LogP) is 2.35. The van der Waals surface area contributed by atoms with Crippen LogP contribution < -0.4 is 5.73 Å². The number of pyridine rings is 1. The van der Waals surface area contributed by atoms with Crippen LogP contribution in [-0.2, 0) is 5.41 Å². The van der Waals surface area contributed by atoms with Crippen LogP contribution in [0.15, 0.2) is 18.5 Å². The van der Waals surface area contributed by atoms with Gasteiger partial charge >= 0.3 is 0 Å². The molecule has 80 valence electrons. The largest absolute Gasteiger partial charge is 0.382 e. The Balaban J connectivity index is 2.85. The molecule has 15 heavy (non-hydrogen) atoms. The van der Waals surface area contributed by atoms with Gasteiger partial charge in [-0.3, -0.25) is 0 Å². The molecular weight excluding hydrogens is 193 g/mol. The van der Waals surface area contributed by atoms with Gasteiger partial charge in [0.05, 0.1) is 6.20 Å². The van der Waals surface area contributed by atoms with Crippen molar-refractivity contribution in [2.75, 3.05) is 5.73 Å². The Hall–Kier alpha value is -1.58. The fourth-order valence-corrected chi connectivity index (χ4v) is 1.74. The summed E-state index contributed by atoms with van der Waals surface area (Å²) < 4.78 is 15.5. The van der Waals surface area contributed by atoms with E-state index in [1.54, 1.807) is 16.8 Å². The van der Waals surface area contributed by atoms with Crippen molar-refractivity contribution < 1.29 is 4.39 Å². The molecule has 0 aliphatic carbocycles. The lowest BCUT2D eigenvalue weighted by atomic mass is 9.87. The van der Waals surface area contributed by atoms with Gasteiger partial charge in [-0.15, -0.1) is 0 Å². The van der Waals surface area contributed by atoms with E-state index >= 15 is 0 Å². The summed E-state index contributed by atoms with van der Waals surface area (Å²) in [4.78, 5) is 4.14. The first-order valence-electron chi connectivity index (χ1n) is 4.83. The summed E-state index contributed by atoms with van der Waals surface area (Å²) in [6, 6.07) is 1.44. The molecule has 0 atom stereocenters. The number of halogens is 1. The molecule has 0 bridgehead atoms. The highest BCUT2D eigenvalue weighted by molar-refractivity contribution is 5.56. The summed E-state index contributed by atoms with van der Waals surface area (Å²) in [5.74, 6) is 0.173. The average Bonchev–Trinajstić information content (AvgIpc) is 2.41. The van der Waals surface area contributed by atoms with E-state index in [0.29, 0.717) is 17.0 Å². The molecular formula is C11H14FN3. The fraction of sp³-hybridized carbons (Fsp3) is 0.364. The molecule has 2 rings (SSSR count). The third-order valence-electron chi connectivity index (χ3n) is 2.34. The van der Waals surface area contributed by atoms with Gasteiger partial charge in [0.25, 0.3) is 0 Å². The van der Waals surface area contributed by atoms with Gasteiger partial charge in [-0.1, -0.05) is 20.8 Å². The number of hydrogen-bond acceptors (Lipinski definition) is 2. The lowest BCUT2D eigenvalue weighted by molar-refractivity contribution is 0.523. The summed E-state index contributed by atoms with van der Waals surface area (Å²) in [7, 11) is 0. The molecule has 0 amide bonds. The molecule has 0 aliphatic heterocycles. The second kappa shape index (κ2) is 2.95. The predicted molar refractivity (Wildman–Crippen MR) is 58.3 cm³/mol. The molecule has 0 spiro atoms. The monoisotopic (exact) mass is 207 g/mol. The highest BCUT2D eigenvalue weighted by Crippen LogP contribution is 2.28. The van der Waals surface area contributed by atoms with Gasteiger partial charge in [0.15, 0.2) is 0 Å². The van der Waals surface area contributed by atoms with E-state index in [1.807, 2.05) is 20.8 Å². The first-order valence-corrected chi connectivity index (χ1v) is 4.83. The Labute approximate surface area is 87.7 Å². The van der Waals surface area contributed by atoms with Crippen molar-refractivity contribution in [3.8, 4) is 0 Å². The molecule has 0 unspecified atom stereocenters. The fourth-order valence-electron chi connectivity index (χ4n) is 1.74. The van der Waals surface area contributed by atoms with Gasteiger partial charge in [0.1, 0.15) is 17.3 Å². The molecule has 2 N–H and O–H groups in total. The number of imidazole rings is 1. The van der Waals surface area contributed by atoms with Crippen LogP contribution >= 0.6 is 0 Å². The lowest BCUT2D eigenvalue weighted by Crippen LogP contribution is -2.15. The molecule has 0 aliphatic rings. The second-order valence-corrected chi connectivity index (χ2v) is 4.69. The third kappa shape index (κ3) is 1.56. The summed E-state index contributed by atoms with van der Waals surface area (Å²) in [5, 5.41) is 0. The van der Waals surface area contributed by atoms with Crippen molar-refractivity contribution in [3.63, 3.8) is 0 Å². The highest BCUT2D eigenvalue weighted by atomic mass is 19.1. The average molecular weight is 207 g/mol. The standard InChI is InChI=1S/C11H14FN3/c1-11(2,3)9-7(12)4-5-15-6-8(13)14-10(9)15/h4-6H,13H2,1-3H3. The summed E-state index contributed by atoms with van der Waals surface area (Å²) in [5.41, 5.74) is 6.51. The molecule has 2 heterocycles. The topological polar surface area (TPSA) is 43.3 Å². The van der Waals surface area contributed by atoms with Gasteiger partial charge in [-0.25, -0.2) is 9.37 Å². The van der Waals surface area contributed by atoms with Crippen LogP contribution in [0.4, 0.5) is 10.2 Å². The molecule has 0 saturated heterocycles. The Bertz CT molecular complexity index is 508. The highest BCUT2D eigenvalue weighted by Gasteiger charge is 2.23. The molecule has 2 aromatic heterocycles. The maximum Gasteiger partial charge on any atom is 0.145 e. The van der Waals surface area contributed by atoms with E-state index in [4.69, 9.17) is 5.73 Å². The van der Waals surface area contributed by atoms with E-state index in [2.05, 4.69) is 4.98 Å². The number of nitrogen functional groups attached to an aromatic ring is 1. The number of nitrogens with zero attached hydrogens (tertiary/aromatic N) is 2. The molecule has 0 fully saturated rings. The van der Waals surface area contributed by atoms with Crippen LogP contribution in [0.2, 0.25) is 0 Å². The van der Waals surface area contributed by atoms with Crippen LogP contribution in [0.5, 0.6) is 0 Å². The molecule has 3 nitrogen and oxygen atoms in total.